The van der Waals surface area contributed by atoms with E-state index in [9.17, 15) is 9.59 Å². The maximum Gasteiger partial charge on any atom is 0.313 e. The van der Waals surface area contributed by atoms with Crippen molar-refractivity contribution in [3.8, 4) is 0 Å². The van der Waals surface area contributed by atoms with Gasteiger partial charge in [-0.3, -0.25) is 14.5 Å². The molecule has 1 aliphatic heterocycles. The molecule has 1 aromatic carbocycles. The van der Waals surface area contributed by atoms with Crippen LogP contribution >= 0.6 is 23.1 Å². The van der Waals surface area contributed by atoms with Crippen molar-refractivity contribution in [2.24, 2.45) is 0 Å². The van der Waals surface area contributed by atoms with Gasteiger partial charge in [-0.15, -0.1) is 11.8 Å². The highest BCUT2D eigenvalue weighted by Crippen LogP contribution is 2.27. The van der Waals surface area contributed by atoms with Gasteiger partial charge in [0.15, 0.2) is 0 Å². The molecule has 0 saturated carbocycles. The molecule has 1 saturated heterocycles. The lowest BCUT2D eigenvalue weighted by Gasteiger charge is -2.38. The lowest BCUT2D eigenvalue weighted by atomic mass is 10.0. The minimum atomic E-state index is -0.630. The van der Waals surface area contributed by atoms with Crippen LogP contribution in [0.1, 0.15) is 18.0 Å². The van der Waals surface area contributed by atoms with Crippen molar-refractivity contribution in [2.75, 3.05) is 31.2 Å². The Labute approximate surface area is 155 Å². The normalized spacial score (nSPS) is 15.2. The van der Waals surface area contributed by atoms with Gasteiger partial charge in [0.05, 0.1) is 11.7 Å². The van der Waals surface area contributed by atoms with Gasteiger partial charge in [-0.05, 0) is 47.2 Å². The van der Waals surface area contributed by atoms with Crippen LogP contribution in [0.3, 0.4) is 0 Å². The summed E-state index contributed by atoms with van der Waals surface area (Å²) in [6, 6.07) is 9.66. The van der Waals surface area contributed by atoms with Gasteiger partial charge in [0.25, 0.3) is 0 Å². The smallest absolute Gasteiger partial charge is 0.313 e. The number of thiophene rings is 1. The number of carbonyl (C=O) groups is 2. The number of para-hydroxylation sites is 1. The Morgan fingerprint density at radius 1 is 1.24 bits per heavy atom. The molecule has 0 spiro atoms. The summed E-state index contributed by atoms with van der Waals surface area (Å²) in [4.78, 5) is 27.6. The van der Waals surface area contributed by atoms with Crippen molar-refractivity contribution in [1.82, 2.24) is 10.2 Å². The second kappa shape index (κ2) is 8.51. The highest BCUT2D eigenvalue weighted by atomic mass is 32.2. The van der Waals surface area contributed by atoms with Crippen molar-refractivity contribution in [3.63, 3.8) is 0 Å². The van der Waals surface area contributed by atoms with Gasteiger partial charge in [-0.2, -0.15) is 11.3 Å². The number of rotatable bonds is 6. The van der Waals surface area contributed by atoms with Crippen LogP contribution in [0.25, 0.3) is 0 Å². The van der Waals surface area contributed by atoms with E-state index < -0.39 is 11.8 Å². The number of hydrogen-bond donors (Lipinski definition) is 2. The molecule has 1 aromatic heterocycles. The first-order chi connectivity index (χ1) is 12.2. The average molecular weight is 376 g/mol. The molecule has 0 unspecified atom stereocenters. The molecular formula is C18H21N3O2S2. The summed E-state index contributed by atoms with van der Waals surface area (Å²) in [7, 11) is 0. The Hall–Kier alpha value is -1.83. The molecular weight excluding hydrogens is 354 g/mol. The predicted molar refractivity (Wildman–Crippen MR) is 103 cm³/mol. The summed E-state index contributed by atoms with van der Waals surface area (Å²) in [5, 5.41) is 9.62. The first kappa shape index (κ1) is 18.0. The van der Waals surface area contributed by atoms with Crippen LogP contribution in [0.5, 0.6) is 0 Å². The zero-order valence-electron chi connectivity index (χ0n) is 14.0. The fourth-order valence-electron chi connectivity index (χ4n) is 2.77. The second-order valence-electron chi connectivity index (χ2n) is 5.83. The third kappa shape index (κ3) is 4.42. The zero-order chi connectivity index (χ0) is 17.6. The summed E-state index contributed by atoms with van der Waals surface area (Å²) in [5.74, 6) is -1.23. The lowest BCUT2D eigenvalue weighted by Crippen LogP contribution is -2.46. The quantitative estimate of drug-likeness (QED) is 0.602. The topological polar surface area (TPSA) is 61.4 Å². The van der Waals surface area contributed by atoms with Crippen LogP contribution in [0, 0.1) is 0 Å². The summed E-state index contributed by atoms with van der Waals surface area (Å²) in [5.41, 5.74) is 1.85. The van der Waals surface area contributed by atoms with Gasteiger partial charge in [0.2, 0.25) is 0 Å². The molecule has 2 N–H and O–H groups in total. The van der Waals surface area contributed by atoms with Crippen molar-refractivity contribution < 1.29 is 9.59 Å². The molecule has 0 bridgehead atoms. The van der Waals surface area contributed by atoms with Crippen LogP contribution in [-0.2, 0) is 9.59 Å². The maximum absolute atomic E-state index is 12.2. The van der Waals surface area contributed by atoms with E-state index in [1.165, 1.54) is 23.7 Å². The molecule has 1 atom stereocenters. The standard InChI is InChI=1S/C18H21N3O2S2/c1-24-16-6-3-2-5-14(16)20-18(23)17(22)19-11-15(21-8-4-9-21)13-7-10-25-12-13/h2-3,5-7,10,12,15H,4,8-9,11H2,1H3,(H,19,22)(H,20,23)/t15-/m0/s1. The molecule has 2 heterocycles. The third-order valence-electron chi connectivity index (χ3n) is 4.28. The van der Waals surface area contributed by atoms with Crippen LogP contribution in [0.4, 0.5) is 5.69 Å². The fraction of sp³-hybridized carbons (Fsp3) is 0.333. The van der Waals surface area contributed by atoms with E-state index in [1.807, 2.05) is 29.8 Å². The zero-order valence-corrected chi connectivity index (χ0v) is 15.7. The average Bonchev–Trinajstić information content (AvgIpc) is 3.11. The van der Waals surface area contributed by atoms with Crippen LogP contribution in [0.2, 0.25) is 0 Å². The third-order valence-corrected chi connectivity index (χ3v) is 5.77. The number of likely N-dealkylation sites (tertiary alicyclic amines) is 1. The number of nitrogens with one attached hydrogen (secondary N) is 2. The number of carbonyl (C=O) groups excluding carboxylic acids is 2. The van der Waals surface area contributed by atoms with Gasteiger partial charge in [0, 0.05) is 24.5 Å². The van der Waals surface area contributed by atoms with Gasteiger partial charge in [0.1, 0.15) is 0 Å². The predicted octanol–water partition coefficient (Wildman–Crippen LogP) is 2.97. The number of amides is 2. The van der Waals surface area contributed by atoms with Crippen molar-refractivity contribution in [3.05, 3.63) is 46.7 Å². The fourth-order valence-corrected chi connectivity index (χ4v) is 4.03. The molecule has 132 valence electrons. The SMILES string of the molecule is CSc1ccccc1NC(=O)C(=O)NC[C@@H](c1ccsc1)N1CCC1. The molecule has 5 nitrogen and oxygen atoms in total. The van der Waals surface area contributed by atoms with E-state index in [0.717, 1.165) is 18.0 Å². The van der Waals surface area contributed by atoms with E-state index in [4.69, 9.17) is 0 Å². The highest BCUT2D eigenvalue weighted by molar-refractivity contribution is 7.98. The van der Waals surface area contributed by atoms with E-state index >= 15 is 0 Å². The molecule has 2 aromatic rings. The van der Waals surface area contributed by atoms with E-state index in [2.05, 4.69) is 27.0 Å². The Morgan fingerprint density at radius 3 is 2.68 bits per heavy atom. The summed E-state index contributed by atoms with van der Waals surface area (Å²) >= 11 is 3.17. The molecule has 7 heteroatoms. The minimum Gasteiger partial charge on any atom is -0.346 e. The largest absolute Gasteiger partial charge is 0.346 e. The van der Waals surface area contributed by atoms with Crippen molar-refractivity contribution >= 4 is 40.6 Å². The van der Waals surface area contributed by atoms with E-state index in [1.54, 1.807) is 17.4 Å². The van der Waals surface area contributed by atoms with Gasteiger partial charge in [-0.25, -0.2) is 0 Å². The van der Waals surface area contributed by atoms with Gasteiger partial charge < -0.3 is 10.6 Å². The lowest BCUT2D eigenvalue weighted by molar-refractivity contribution is -0.136. The molecule has 25 heavy (non-hydrogen) atoms. The highest BCUT2D eigenvalue weighted by Gasteiger charge is 2.27. The van der Waals surface area contributed by atoms with Gasteiger partial charge >= 0.3 is 11.8 Å². The number of anilines is 1. The van der Waals surface area contributed by atoms with Crippen molar-refractivity contribution in [1.29, 1.82) is 0 Å². The molecule has 1 fully saturated rings. The van der Waals surface area contributed by atoms with Crippen molar-refractivity contribution in [2.45, 2.75) is 17.4 Å². The van der Waals surface area contributed by atoms with Crippen LogP contribution in [0.15, 0.2) is 46.0 Å². The number of hydrogen-bond acceptors (Lipinski definition) is 5. The van der Waals surface area contributed by atoms with Crippen LogP contribution in [-0.4, -0.2) is 42.6 Å². The number of thioether (sulfide) groups is 1. The summed E-state index contributed by atoms with van der Waals surface area (Å²) in [6.07, 6.45) is 3.12. The van der Waals surface area contributed by atoms with Crippen LogP contribution < -0.4 is 10.6 Å². The van der Waals surface area contributed by atoms with Gasteiger partial charge in [-0.1, -0.05) is 12.1 Å². The molecule has 1 aliphatic rings. The summed E-state index contributed by atoms with van der Waals surface area (Å²) < 4.78 is 0. The molecule has 2 amide bonds. The monoisotopic (exact) mass is 375 g/mol. The Balaban J connectivity index is 1.58. The van der Waals surface area contributed by atoms with E-state index in [0.29, 0.717) is 12.2 Å². The molecule has 0 radical (unpaired) electrons. The Bertz CT molecular complexity index is 730. The Kier molecular flexibility index (Phi) is 6.12. The Morgan fingerprint density at radius 2 is 2.04 bits per heavy atom. The maximum atomic E-state index is 12.2. The first-order valence-electron chi connectivity index (χ1n) is 8.17. The first-order valence-corrected chi connectivity index (χ1v) is 10.3. The minimum absolute atomic E-state index is 0.134. The molecule has 0 aliphatic carbocycles. The second-order valence-corrected chi connectivity index (χ2v) is 7.45. The number of benzene rings is 1. The molecule has 3 rings (SSSR count). The summed E-state index contributed by atoms with van der Waals surface area (Å²) in [6.45, 7) is 2.50. The van der Waals surface area contributed by atoms with E-state index in [-0.39, 0.29) is 6.04 Å². The number of nitrogens with zero attached hydrogens (tertiary/aromatic N) is 1.